The van der Waals surface area contributed by atoms with E-state index in [9.17, 15) is 9.50 Å². The van der Waals surface area contributed by atoms with Crippen molar-refractivity contribution in [2.45, 2.75) is 20.0 Å². The maximum absolute atomic E-state index is 13.2. The molecule has 90 valence electrons. The van der Waals surface area contributed by atoms with E-state index in [2.05, 4.69) is 15.9 Å². The van der Waals surface area contributed by atoms with Crippen molar-refractivity contribution < 1.29 is 9.50 Å². The summed E-state index contributed by atoms with van der Waals surface area (Å²) in [5.74, 6) is -0.248. The standard InChI is InChI=1S/C13H12BrFOS/c1-7-5-9(3-4-11(7)15)12(16)13-10(14)6-8(2)17-13/h3-6,12,16H,1-2H3. The molecular formula is C13H12BrFOS. The largest absolute Gasteiger partial charge is 0.383 e. The van der Waals surface area contributed by atoms with Gasteiger partial charge in [0, 0.05) is 9.35 Å². The van der Waals surface area contributed by atoms with Gasteiger partial charge in [-0.05, 0) is 53.0 Å². The molecule has 1 unspecified atom stereocenters. The number of aliphatic hydroxyl groups is 1. The molecule has 1 aromatic heterocycles. The fraction of sp³-hybridized carbons (Fsp3) is 0.231. The molecule has 1 N–H and O–H groups in total. The van der Waals surface area contributed by atoms with E-state index in [0.29, 0.717) is 11.1 Å². The second-order valence-corrected chi connectivity index (χ2v) is 6.12. The second kappa shape index (κ2) is 4.88. The number of halogens is 2. The fourth-order valence-corrected chi connectivity index (χ4v) is 3.56. The van der Waals surface area contributed by atoms with Crippen molar-refractivity contribution in [2.24, 2.45) is 0 Å². The topological polar surface area (TPSA) is 20.2 Å². The van der Waals surface area contributed by atoms with E-state index in [4.69, 9.17) is 0 Å². The van der Waals surface area contributed by atoms with E-state index in [1.54, 1.807) is 19.1 Å². The van der Waals surface area contributed by atoms with Gasteiger partial charge in [-0.15, -0.1) is 11.3 Å². The highest BCUT2D eigenvalue weighted by Crippen LogP contribution is 2.35. The van der Waals surface area contributed by atoms with E-state index in [0.717, 1.165) is 14.2 Å². The number of hydrogen-bond donors (Lipinski definition) is 1. The zero-order valence-corrected chi connectivity index (χ0v) is 11.9. The molecule has 0 spiro atoms. The van der Waals surface area contributed by atoms with Crippen LogP contribution >= 0.6 is 27.3 Å². The minimum absolute atomic E-state index is 0.248. The Hall–Kier alpha value is -0.710. The molecule has 0 saturated carbocycles. The van der Waals surface area contributed by atoms with Crippen molar-refractivity contribution in [3.8, 4) is 0 Å². The van der Waals surface area contributed by atoms with Gasteiger partial charge in [-0.3, -0.25) is 0 Å². The van der Waals surface area contributed by atoms with Crippen molar-refractivity contribution in [2.75, 3.05) is 0 Å². The minimum Gasteiger partial charge on any atom is -0.383 e. The van der Waals surface area contributed by atoms with Crippen molar-refractivity contribution in [3.05, 3.63) is 55.4 Å². The summed E-state index contributed by atoms with van der Waals surface area (Å²) in [6.07, 6.45) is -0.706. The molecule has 2 aromatic rings. The highest BCUT2D eigenvalue weighted by molar-refractivity contribution is 9.10. The Morgan fingerprint density at radius 1 is 1.29 bits per heavy atom. The number of rotatable bonds is 2. The average Bonchev–Trinajstić information content (AvgIpc) is 2.61. The molecule has 0 bridgehead atoms. The first-order chi connectivity index (χ1) is 7.99. The maximum Gasteiger partial charge on any atom is 0.126 e. The molecule has 0 fully saturated rings. The molecule has 0 radical (unpaired) electrons. The van der Waals surface area contributed by atoms with Crippen LogP contribution < -0.4 is 0 Å². The quantitative estimate of drug-likeness (QED) is 0.873. The SMILES string of the molecule is Cc1cc(Br)c(C(O)c2ccc(F)c(C)c2)s1. The summed E-state index contributed by atoms with van der Waals surface area (Å²) in [4.78, 5) is 1.98. The summed E-state index contributed by atoms with van der Waals surface area (Å²) in [6.45, 7) is 3.68. The highest BCUT2D eigenvalue weighted by atomic mass is 79.9. The first kappa shape index (κ1) is 12.7. The zero-order chi connectivity index (χ0) is 12.6. The number of benzene rings is 1. The Morgan fingerprint density at radius 2 is 2.00 bits per heavy atom. The smallest absolute Gasteiger partial charge is 0.126 e. The molecule has 2 rings (SSSR count). The Kier molecular flexibility index (Phi) is 3.66. The number of thiophene rings is 1. The molecule has 0 amide bonds. The molecule has 1 heterocycles. The molecular weight excluding hydrogens is 303 g/mol. The van der Waals surface area contributed by atoms with Crippen molar-refractivity contribution in [1.82, 2.24) is 0 Å². The molecule has 0 aliphatic heterocycles. The van der Waals surface area contributed by atoms with Gasteiger partial charge in [-0.2, -0.15) is 0 Å². The lowest BCUT2D eigenvalue weighted by atomic mass is 10.1. The second-order valence-electron chi connectivity index (χ2n) is 3.98. The lowest BCUT2D eigenvalue weighted by molar-refractivity contribution is 0.223. The molecule has 0 aliphatic rings. The summed E-state index contributed by atoms with van der Waals surface area (Å²) in [7, 11) is 0. The van der Waals surface area contributed by atoms with Gasteiger partial charge in [-0.1, -0.05) is 12.1 Å². The van der Waals surface area contributed by atoms with Crippen LogP contribution in [0.15, 0.2) is 28.7 Å². The maximum atomic E-state index is 13.2. The molecule has 0 saturated heterocycles. The van der Waals surface area contributed by atoms with Gasteiger partial charge in [0.15, 0.2) is 0 Å². The summed E-state index contributed by atoms with van der Waals surface area (Å²) < 4.78 is 14.1. The fourth-order valence-electron chi connectivity index (χ4n) is 1.68. The minimum atomic E-state index is -0.706. The monoisotopic (exact) mass is 314 g/mol. The first-order valence-corrected chi connectivity index (χ1v) is 6.80. The average molecular weight is 315 g/mol. The van der Waals surface area contributed by atoms with Crippen molar-refractivity contribution >= 4 is 27.3 Å². The highest BCUT2D eigenvalue weighted by Gasteiger charge is 2.17. The molecule has 4 heteroatoms. The summed E-state index contributed by atoms with van der Waals surface area (Å²) in [5.41, 5.74) is 1.26. The van der Waals surface area contributed by atoms with Gasteiger partial charge < -0.3 is 5.11 Å². The number of aryl methyl sites for hydroxylation is 2. The Bertz CT molecular complexity index is 550. The Labute approximate surface area is 112 Å². The first-order valence-electron chi connectivity index (χ1n) is 5.19. The number of aliphatic hydroxyl groups excluding tert-OH is 1. The van der Waals surface area contributed by atoms with Gasteiger partial charge in [0.05, 0.1) is 4.88 Å². The predicted octanol–water partition coefficient (Wildman–Crippen LogP) is 4.35. The van der Waals surface area contributed by atoms with Crippen molar-refractivity contribution in [1.29, 1.82) is 0 Å². The third-order valence-electron chi connectivity index (χ3n) is 2.58. The third-order valence-corrected chi connectivity index (χ3v) is 4.60. The van der Waals surface area contributed by atoms with E-state index in [1.165, 1.54) is 17.4 Å². The normalized spacial score (nSPS) is 12.8. The van der Waals surface area contributed by atoms with Crippen LogP contribution in [0.25, 0.3) is 0 Å². The molecule has 1 nitrogen and oxygen atoms in total. The van der Waals surface area contributed by atoms with Crippen molar-refractivity contribution in [3.63, 3.8) is 0 Å². The number of hydrogen-bond acceptors (Lipinski definition) is 2. The van der Waals surface area contributed by atoms with Gasteiger partial charge in [0.1, 0.15) is 11.9 Å². The van der Waals surface area contributed by atoms with E-state index < -0.39 is 6.10 Å². The molecule has 1 atom stereocenters. The predicted molar refractivity (Wildman–Crippen MR) is 72.0 cm³/mol. The van der Waals surface area contributed by atoms with Gasteiger partial charge >= 0.3 is 0 Å². The van der Waals surface area contributed by atoms with Crippen LogP contribution in [0, 0.1) is 19.7 Å². The molecule has 0 aliphatic carbocycles. The lowest BCUT2D eigenvalue weighted by Crippen LogP contribution is -1.99. The Morgan fingerprint density at radius 3 is 2.53 bits per heavy atom. The van der Waals surface area contributed by atoms with Gasteiger partial charge in [0.2, 0.25) is 0 Å². The van der Waals surface area contributed by atoms with E-state index in [1.807, 2.05) is 13.0 Å². The summed E-state index contributed by atoms with van der Waals surface area (Å²) in [5, 5.41) is 10.3. The van der Waals surface area contributed by atoms with Crippen LogP contribution in [0.3, 0.4) is 0 Å². The Balaban J connectivity index is 2.40. The summed E-state index contributed by atoms with van der Waals surface area (Å²) >= 11 is 4.96. The van der Waals surface area contributed by atoms with Gasteiger partial charge in [-0.25, -0.2) is 4.39 Å². The summed E-state index contributed by atoms with van der Waals surface area (Å²) in [6, 6.07) is 6.66. The van der Waals surface area contributed by atoms with Crippen LogP contribution in [0.5, 0.6) is 0 Å². The van der Waals surface area contributed by atoms with Crippen LogP contribution in [0.4, 0.5) is 4.39 Å². The van der Waals surface area contributed by atoms with E-state index >= 15 is 0 Å². The molecule has 1 aromatic carbocycles. The van der Waals surface area contributed by atoms with Crippen LogP contribution in [-0.2, 0) is 0 Å². The van der Waals surface area contributed by atoms with Crippen LogP contribution in [0.1, 0.15) is 27.0 Å². The lowest BCUT2D eigenvalue weighted by Gasteiger charge is -2.11. The zero-order valence-electron chi connectivity index (χ0n) is 9.50. The van der Waals surface area contributed by atoms with Gasteiger partial charge in [0.25, 0.3) is 0 Å². The van der Waals surface area contributed by atoms with Crippen LogP contribution in [0.2, 0.25) is 0 Å². The van der Waals surface area contributed by atoms with Crippen LogP contribution in [-0.4, -0.2) is 5.11 Å². The third kappa shape index (κ3) is 2.59. The molecule has 17 heavy (non-hydrogen) atoms. The van der Waals surface area contributed by atoms with E-state index in [-0.39, 0.29) is 5.82 Å².